The van der Waals surface area contributed by atoms with Crippen molar-refractivity contribution in [2.24, 2.45) is 0 Å². The maximum absolute atomic E-state index is 12.1. The van der Waals surface area contributed by atoms with Crippen LogP contribution in [-0.2, 0) is 4.79 Å². The van der Waals surface area contributed by atoms with Crippen LogP contribution < -0.4 is 10.2 Å². The molecule has 1 saturated heterocycles. The van der Waals surface area contributed by atoms with Crippen LogP contribution in [0.25, 0.3) is 0 Å². The molecule has 106 valence electrons. The highest BCUT2D eigenvalue weighted by atomic mass is 32.1. The number of hydrogen-bond donors (Lipinski definition) is 1. The monoisotopic (exact) mass is 282 g/mol. The van der Waals surface area contributed by atoms with Gasteiger partial charge >= 0.3 is 0 Å². The van der Waals surface area contributed by atoms with E-state index < -0.39 is 0 Å². The number of hydrogen-bond acceptors (Lipinski definition) is 5. The Morgan fingerprint density at radius 2 is 2.21 bits per heavy atom. The molecule has 19 heavy (non-hydrogen) atoms. The number of carbonyl (C=O) groups excluding carboxylic acids is 1. The highest BCUT2D eigenvalue weighted by Gasteiger charge is 2.23. The molecule has 0 spiro atoms. The Morgan fingerprint density at radius 1 is 1.47 bits per heavy atom. The Labute approximate surface area is 118 Å². The van der Waals surface area contributed by atoms with Crippen LogP contribution in [0.15, 0.2) is 11.6 Å². The van der Waals surface area contributed by atoms with Crippen molar-refractivity contribution in [1.82, 2.24) is 15.2 Å². The van der Waals surface area contributed by atoms with Gasteiger partial charge < -0.3 is 15.1 Å². The van der Waals surface area contributed by atoms with Gasteiger partial charge in [-0.05, 0) is 13.5 Å². The highest BCUT2D eigenvalue weighted by Crippen LogP contribution is 2.19. The average molecular weight is 282 g/mol. The first-order valence-electron chi connectivity index (χ1n) is 6.86. The Kier molecular flexibility index (Phi) is 5.15. The molecule has 2 rings (SSSR count). The molecule has 0 radical (unpaired) electrons. The van der Waals surface area contributed by atoms with E-state index in [0.29, 0.717) is 6.42 Å². The minimum absolute atomic E-state index is 0.257. The number of aromatic nitrogens is 1. The predicted molar refractivity (Wildman–Crippen MR) is 78.7 cm³/mol. The van der Waals surface area contributed by atoms with E-state index in [0.717, 1.165) is 37.9 Å². The summed E-state index contributed by atoms with van der Waals surface area (Å²) in [6.07, 6.45) is 2.42. The SMILES string of the molecule is CCNC(C)CC(=O)N1CCN(c2nccs2)CC1. The molecule has 1 N–H and O–H groups in total. The molecule has 0 saturated carbocycles. The third-order valence-corrected chi connectivity index (χ3v) is 4.19. The fourth-order valence-electron chi connectivity index (χ4n) is 2.33. The Balaban J connectivity index is 1.78. The molecule has 1 aliphatic rings. The fraction of sp³-hybridized carbons (Fsp3) is 0.692. The standard InChI is InChI=1S/C13H22N4OS/c1-3-14-11(2)10-12(18)16-5-7-17(8-6-16)13-15-4-9-19-13/h4,9,11,14H,3,5-8,10H2,1-2H3. The van der Waals surface area contributed by atoms with Gasteiger partial charge in [0.2, 0.25) is 5.91 Å². The van der Waals surface area contributed by atoms with Crippen LogP contribution in [-0.4, -0.2) is 54.6 Å². The molecule has 1 aromatic heterocycles. The molecule has 0 bridgehead atoms. The second kappa shape index (κ2) is 6.86. The summed E-state index contributed by atoms with van der Waals surface area (Å²) in [6, 6.07) is 0.259. The maximum atomic E-state index is 12.1. The number of thiazole rings is 1. The van der Waals surface area contributed by atoms with E-state index in [-0.39, 0.29) is 11.9 Å². The van der Waals surface area contributed by atoms with Gasteiger partial charge in [0, 0.05) is 50.2 Å². The minimum Gasteiger partial charge on any atom is -0.345 e. The second-order valence-corrected chi connectivity index (χ2v) is 5.72. The first kappa shape index (κ1) is 14.3. The molecule has 1 aromatic rings. The molecular weight excluding hydrogens is 260 g/mol. The van der Waals surface area contributed by atoms with Gasteiger partial charge in [-0.25, -0.2) is 4.98 Å². The van der Waals surface area contributed by atoms with E-state index in [1.165, 1.54) is 0 Å². The van der Waals surface area contributed by atoms with Crippen molar-refractivity contribution in [1.29, 1.82) is 0 Å². The number of nitrogens with one attached hydrogen (secondary N) is 1. The van der Waals surface area contributed by atoms with E-state index in [2.05, 4.69) is 29.0 Å². The van der Waals surface area contributed by atoms with Gasteiger partial charge in [-0.2, -0.15) is 0 Å². The van der Waals surface area contributed by atoms with Gasteiger partial charge in [0.15, 0.2) is 5.13 Å². The number of amides is 1. The normalized spacial score (nSPS) is 17.6. The number of rotatable bonds is 5. The number of anilines is 1. The van der Waals surface area contributed by atoms with Gasteiger partial charge in [-0.15, -0.1) is 11.3 Å². The van der Waals surface area contributed by atoms with Crippen LogP contribution in [0.1, 0.15) is 20.3 Å². The lowest BCUT2D eigenvalue weighted by Gasteiger charge is -2.35. The first-order valence-corrected chi connectivity index (χ1v) is 7.74. The number of carbonyl (C=O) groups is 1. The lowest BCUT2D eigenvalue weighted by Crippen LogP contribution is -2.49. The third kappa shape index (κ3) is 3.91. The van der Waals surface area contributed by atoms with Gasteiger partial charge in [0.25, 0.3) is 0 Å². The van der Waals surface area contributed by atoms with Gasteiger partial charge in [0.1, 0.15) is 0 Å². The predicted octanol–water partition coefficient (Wildman–Crippen LogP) is 1.18. The molecule has 0 aliphatic carbocycles. The first-order chi connectivity index (χ1) is 9.20. The van der Waals surface area contributed by atoms with E-state index in [1.54, 1.807) is 11.3 Å². The van der Waals surface area contributed by atoms with Crippen molar-refractivity contribution < 1.29 is 4.79 Å². The Morgan fingerprint density at radius 3 is 2.79 bits per heavy atom. The Hall–Kier alpha value is -1.14. The zero-order valence-corrected chi connectivity index (χ0v) is 12.4. The van der Waals surface area contributed by atoms with Crippen LogP contribution in [0, 0.1) is 0 Å². The summed E-state index contributed by atoms with van der Waals surface area (Å²) >= 11 is 1.66. The summed E-state index contributed by atoms with van der Waals surface area (Å²) in [4.78, 5) is 20.7. The largest absolute Gasteiger partial charge is 0.345 e. The second-order valence-electron chi connectivity index (χ2n) is 4.85. The van der Waals surface area contributed by atoms with Gasteiger partial charge in [0.05, 0.1) is 0 Å². The summed E-state index contributed by atoms with van der Waals surface area (Å²) in [6.45, 7) is 8.41. The summed E-state index contributed by atoms with van der Waals surface area (Å²) in [5, 5.41) is 6.33. The zero-order chi connectivity index (χ0) is 13.7. The van der Waals surface area contributed by atoms with Crippen LogP contribution in [0.2, 0.25) is 0 Å². The highest BCUT2D eigenvalue weighted by molar-refractivity contribution is 7.13. The molecule has 2 heterocycles. The molecule has 6 heteroatoms. The van der Waals surface area contributed by atoms with Crippen molar-refractivity contribution in [2.75, 3.05) is 37.6 Å². The molecule has 1 fully saturated rings. The Bertz CT molecular complexity index is 387. The van der Waals surface area contributed by atoms with Crippen LogP contribution in [0.5, 0.6) is 0 Å². The van der Waals surface area contributed by atoms with Gasteiger partial charge in [-0.3, -0.25) is 4.79 Å². The molecule has 1 atom stereocenters. The molecule has 1 unspecified atom stereocenters. The van der Waals surface area contributed by atoms with Crippen molar-refractivity contribution >= 4 is 22.4 Å². The summed E-state index contributed by atoms with van der Waals surface area (Å²) in [5.41, 5.74) is 0. The average Bonchev–Trinajstić information content (AvgIpc) is 2.93. The minimum atomic E-state index is 0.257. The van der Waals surface area contributed by atoms with E-state index in [9.17, 15) is 4.79 Å². The van der Waals surface area contributed by atoms with Crippen molar-refractivity contribution in [2.45, 2.75) is 26.3 Å². The maximum Gasteiger partial charge on any atom is 0.224 e. The quantitative estimate of drug-likeness (QED) is 0.881. The van der Waals surface area contributed by atoms with Crippen LogP contribution >= 0.6 is 11.3 Å². The molecule has 0 aromatic carbocycles. The van der Waals surface area contributed by atoms with Crippen molar-refractivity contribution in [3.8, 4) is 0 Å². The smallest absolute Gasteiger partial charge is 0.224 e. The molecule has 1 amide bonds. The van der Waals surface area contributed by atoms with Crippen LogP contribution in [0.4, 0.5) is 5.13 Å². The van der Waals surface area contributed by atoms with Crippen molar-refractivity contribution in [3.05, 3.63) is 11.6 Å². The third-order valence-electron chi connectivity index (χ3n) is 3.36. The fourth-order valence-corrected chi connectivity index (χ4v) is 3.03. The topological polar surface area (TPSA) is 48.5 Å². The summed E-state index contributed by atoms with van der Waals surface area (Å²) < 4.78 is 0. The van der Waals surface area contributed by atoms with Crippen LogP contribution in [0.3, 0.4) is 0 Å². The van der Waals surface area contributed by atoms with Crippen molar-refractivity contribution in [3.63, 3.8) is 0 Å². The molecule has 1 aliphatic heterocycles. The molecular formula is C13H22N4OS. The lowest BCUT2D eigenvalue weighted by molar-refractivity contribution is -0.131. The van der Waals surface area contributed by atoms with E-state index in [4.69, 9.17) is 0 Å². The summed E-state index contributed by atoms with van der Waals surface area (Å²) in [7, 11) is 0. The van der Waals surface area contributed by atoms with E-state index >= 15 is 0 Å². The van der Waals surface area contributed by atoms with Gasteiger partial charge in [-0.1, -0.05) is 6.92 Å². The number of nitrogens with zero attached hydrogens (tertiary/aromatic N) is 3. The lowest BCUT2D eigenvalue weighted by atomic mass is 10.2. The molecule has 5 nitrogen and oxygen atoms in total. The zero-order valence-electron chi connectivity index (χ0n) is 11.6. The van der Waals surface area contributed by atoms with E-state index in [1.807, 2.05) is 16.5 Å². The summed E-state index contributed by atoms with van der Waals surface area (Å²) in [5.74, 6) is 0.257. The number of piperazine rings is 1.